The van der Waals surface area contributed by atoms with Crippen LogP contribution in [-0.2, 0) is 0 Å². The van der Waals surface area contributed by atoms with Gasteiger partial charge >= 0.3 is 0 Å². The highest BCUT2D eigenvalue weighted by atomic mass is 32.1. The largest absolute Gasteiger partial charge is 0.495 e. The van der Waals surface area contributed by atoms with E-state index in [1.165, 1.54) is 11.3 Å². The van der Waals surface area contributed by atoms with Gasteiger partial charge in [0, 0.05) is 11.1 Å². The van der Waals surface area contributed by atoms with Crippen LogP contribution >= 0.6 is 11.3 Å². The lowest BCUT2D eigenvalue weighted by Crippen LogP contribution is -1.96. The maximum absolute atomic E-state index is 6.19. The van der Waals surface area contributed by atoms with E-state index in [1.807, 2.05) is 54.6 Å². The molecule has 0 aliphatic carbocycles. The molecule has 0 saturated heterocycles. The number of hydrogen-bond donors (Lipinski definition) is 2. The van der Waals surface area contributed by atoms with Crippen LogP contribution in [-0.4, -0.2) is 17.1 Å². The lowest BCUT2D eigenvalue weighted by Gasteiger charge is -2.08. The van der Waals surface area contributed by atoms with Gasteiger partial charge in [0.05, 0.1) is 23.2 Å². The van der Waals surface area contributed by atoms with Gasteiger partial charge in [-0.3, -0.25) is 0 Å². The molecule has 0 fully saturated rings. The van der Waals surface area contributed by atoms with Gasteiger partial charge in [-0.2, -0.15) is 0 Å². The SMILES string of the molecule is C#Cc1cccc(-c2nc(N)c3cc(Nc4ccccc4OC)sc3n2)c1. The molecule has 0 bridgehead atoms. The van der Waals surface area contributed by atoms with Crippen LogP contribution in [0.25, 0.3) is 21.6 Å². The maximum atomic E-state index is 6.19. The van der Waals surface area contributed by atoms with Crippen molar-refractivity contribution in [3.8, 4) is 29.5 Å². The minimum absolute atomic E-state index is 0.436. The van der Waals surface area contributed by atoms with Gasteiger partial charge in [0.2, 0.25) is 0 Å². The van der Waals surface area contributed by atoms with Crippen LogP contribution in [0.5, 0.6) is 5.75 Å². The summed E-state index contributed by atoms with van der Waals surface area (Å²) in [5, 5.41) is 5.08. The monoisotopic (exact) mass is 372 g/mol. The summed E-state index contributed by atoms with van der Waals surface area (Å²) in [4.78, 5) is 9.93. The molecule has 0 aliphatic heterocycles. The first kappa shape index (κ1) is 16.9. The number of para-hydroxylation sites is 2. The van der Waals surface area contributed by atoms with Crippen LogP contribution in [0.1, 0.15) is 5.56 Å². The van der Waals surface area contributed by atoms with E-state index in [0.29, 0.717) is 11.6 Å². The number of nitrogens with one attached hydrogen (secondary N) is 1. The molecule has 0 saturated carbocycles. The number of ether oxygens (including phenoxy) is 1. The van der Waals surface area contributed by atoms with Crippen molar-refractivity contribution in [1.82, 2.24) is 9.97 Å². The Balaban J connectivity index is 1.74. The number of rotatable bonds is 4. The van der Waals surface area contributed by atoms with E-state index in [4.69, 9.17) is 16.9 Å². The van der Waals surface area contributed by atoms with E-state index >= 15 is 0 Å². The Labute approximate surface area is 160 Å². The normalized spacial score (nSPS) is 10.5. The molecule has 0 amide bonds. The smallest absolute Gasteiger partial charge is 0.163 e. The van der Waals surface area contributed by atoms with Crippen LogP contribution in [0.2, 0.25) is 0 Å². The standard InChI is InChI=1S/C21H16N4OS/c1-3-13-7-6-8-14(11-13)20-24-19(22)15-12-18(27-21(15)25-20)23-16-9-4-5-10-17(16)26-2/h1,4-12,23H,2H3,(H2,22,24,25). The number of fused-ring (bicyclic) bond motifs is 1. The lowest BCUT2D eigenvalue weighted by molar-refractivity contribution is 0.417. The number of anilines is 3. The summed E-state index contributed by atoms with van der Waals surface area (Å²) in [6.07, 6.45) is 5.49. The van der Waals surface area contributed by atoms with Crippen molar-refractivity contribution in [2.24, 2.45) is 0 Å². The molecule has 0 unspecified atom stereocenters. The Hall–Kier alpha value is -3.56. The van der Waals surface area contributed by atoms with Crippen molar-refractivity contribution in [3.63, 3.8) is 0 Å². The van der Waals surface area contributed by atoms with Crippen molar-refractivity contribution in [2.45, 2.75) is 0 Å². The molecule has 5 nitrogen and oxygen atoms in total. The number of nitrogens with zero attached hydrogens (tertiary/aromatic N) is 2. The first-order chi connectivity index (χ1) is 13.2. The third-order valence-electron chi connectivity index (χ3n) is 4.07. The zero-order valence-electron chi connectivity index (χ0n) is 14.6. The second-order valence-corrected chi connectivity index (χ2v) is 6.84. The van der Waals surface area contributed by atoms with E-state index in [2.05, 4.69) is 21.2 Å². The van der Waals surface area contributed by atoms with Gasteiger partial charge in [0.15, 0.2) is 5.82 Å². The predicted molar refractivity (Wildman–Crippen MR) is 111 cm³/mol. The highest BCUT2D eigenvalue weighted by Gasteiger charge is 2.12. The molecule has 3 N–H and O–H groups in total. The summed E-state index contributed by atoms with van der Waals surface area (Å²) >= 11 is 1.51. The van der Waals surface area contributed by atoms with Gasteiger partial charge in [-0.25, -0.2) is 9.97 Å². The average Bonchev–Trinajstić information content (AvgIpc) is 3.11. The van der Waals surface area contributed by atoms with E-state index < -0.39 is 0 Å². The summed E-state index contributed by atoms with van der Waals surface area (Å²) in [6, 6.07) is 17.2. The van der Waals surface area contributed by atoms with Crippen LogP contribution in [0.4, 0.5) is 16.5 Å². The summed E-state index contributed by atoms with van der Waals surface area (Å²) < 4.78 is 5.39. The number of benzene rings is 2. The Morgan fingerprint density at radius 2 is 1.96 bits per heavy atom. The van der Waals surface area contributed by atoms with Gasteiger partial charge in [-0.1, -0.05) is 41.5 Å². The van der Waals surface area contributed by atoms with E-state index in [9.17, 15) is 0 Å². The number of terminal acetylenes is 1. The number of nitrogens with two attached hydrogens (primary N) is 1. The van der Waals surface area contributed by atoms with Crippen LogP contribution in [0.15, 0.2) is 54.6 Å². The Morgan fingerprint density at radius 3 is 2.78 bits per heavy atom. The number of hydrogen-bond acceptors (Lipinski definition) is 6. The van der Waals surface area contributed by atoms with Gasteiger partial charge in [0.25, 0.3) is 0 Å². The molecule has 0 aliphatic rings. The fourth-order valence-electron chi connectivity index (χ4n) is 2.76. The van der Waals surface area contributed by atoms with E-state index in [0.717, 1.165) is 37.8 Å². The minimum atomic E-state index is 0.436. The second-order valence-electron chi connectivity index (χ2n) is 5.81. The summed E-state index contributed by atoms with van der Waals surface area (Å²) in [6.45, 7) is 0. The third-order valence-corrected chi connectivity index (χ3v) is 5.02. The van der Waals surface area contributed by atoms with Crippen molar-refractivity contribution >= 4 is 38.1 Å². The van der Waals surface area contributed by atoms with Crippen LogP contribution < -0.4 is 15.8 Å². The molecular formula is C21H16N4OS. The molecule has 2 aromatic heterocycles. The lowest BCUT2D eigenvalue weighted by atomic mass is 10.1. The molecule has 4 aromatic rings. The molecule has 27 heavy (non-hydrogen) atoms. The van der Waals surface area contributed by atoms with Crippen molar-refractivity contribution in [3.05, 3.63) is 60.2 Å². The first-order valence-corrected chi connectivity index (χ1v) is 9.03. The molecule has 4 rings (SSSR count). The average molecular weight is 372 g/mol. The zero-order chi connectivity index (χ0) is 18.8. The number of thiophene rings is 1. The molecule has 2 aromatic carbocycles. The van der Waals surface area contributed by atoms with Gasteiger partial charge < -0.3 is 15.8 Å². The van der Waals surface area contributed by atoms with Crippen LogP contribution in [0, 0.1) is 12.3 Å². The quantitative estimate of drug-likeness (QED) is 0.509. The fourth-order valence-corrected chi connectivity index (χ4v) is 3.71. The molecule has 132 valence electrons. The molecule has 0 radical (unpaired) electrons. The van der Waals surface area contributed by atoms with Gasteiger partial charge in [0.1, 0.15) is 16.4 Å². The zero-order valence-corrected chi connectivity index (χ0v) is 15.4. The topological polar surface area (TPSA) is 73.1 Å². The predicted octanol–water partition coefficient (Wildman–Crippen LogP) is 4.67. The number of aromatic nitrogens is 2. The van der Waals surface area contributed by atoms with Gasteiger partial charge in [-0.05, 0) is 30.3 Å². The molecule has 6 heteroatoms. The Bertz CT molecular complexity index is 1180. The summed E-state index contributed by atoms with van der Waals surface area (Å²) in [5.74, 6) is 4.38. The summed E-state index contributed by atoms with van der Waals surface area (Å²) in [7, 11) is 1.64. The van der Waals surface area contributed by atoms with Crippen LogP contribution in [0.3, 0.4) is 0 Å². The maximum Gasteiger partial charge on any atom is 0.163 e. The molecule has 2 heterocycles. The van der Waals surface area contributed by atoms with Crippen molar-refractivity contribution in [1.29, 1.82) is 0 Å². The first-order valence-electron chi connectivity index (χ1n) is 8.22. The van der Waals surface area contributed by atoms with Crippen molar-refractivity contribution in [2.75, 3.05) is 18.2 Å². The highest BCUT2D eigenvalue weighted by molar-refractivity contribution is 7.22. The molecule has 0 spiro atoms. The van der Waals surface area contributed by atoms with E-state index in [-0.39, 0.29) is 0 Å². The van der Waals surface area contributed by atoms with Gasteiger partial charge in [-0.15, -0.1) is 6.42 Å². The number of methoxy groups -OCH3 is 1. The fraction of sp³-hybridized carbons (Fsp3) is 0.0476. The Morgan fingerprint density at radius 1 is 1.11 bits per heavy atom. The second kappa shape index (κ2) is 6.98. The number of nitrogen functional groups attached to an aromatic ring is 1. The van der Waals surface area contributed by atoms with E-state index in [1.54, 1.807) is 7.11 Å². The molecule has 0 atom stereocenters. The Kier molecular flexibility index (Phi) is 4.37. The van der Waals surface area contributed by atoms with Crippen molar-refractivity contribution < 1.29 is 4.74 Å². The highest BCUT2D eigenvalue weighted by Crippen LogP contribution is 2.36. The summed E-state index contributed by atoms with van der Waals surface area (Å²) in [5.41, 5.74) is 8.68. The third kappa shape index (κ3) is 3.28. The minimum Gasteiger partial charge on any atom is -0.495 e. The molecular weight excluding hydrogens is 356 g/mol.